The topological polar surface area (TPSA) is 68.5 Å². The lowest BCUT2D eigenvalue weighted by molar-refractivity contribution is 0.841. The lowest BCUT2D eigenvalue weighted by Gasteiger charge is -2.11. The molecule has 0 radical (unpaired) electrons. The van der Waals surface area contributed by atoms with Crippen LogP contribution in [0.3, 0.4) is 0 Å². The van der Waals surface area contributed by atoms with Crippen LogP contribution in [0.1, 0.15) is 11.3 Å². The number of hydrogen-bond donors (Lipinski definition) is 1. The van der Waals surface area contributed by atoms with E-state index in [0.29, 0.717) is 5.82 Å². The van der Waals surface area contributed by atoms with E-state index < -0.39 is 0 Å². The van der Waals surface area contributed by atoms with E-state index in [-0.39, 0.29) is 0 Å². The molecule has 0 atom stereocenters. The number of pyridine rings is 1. The van der Waals surface area contributed by atoms with Crippen molar-refractivity contribution in [1.82, 2.24) is 25.0 Å². The van der Waals surface area contributed by atoms with E-state index in [2.05, 4.69) is 33.6 Å². The molecule has 3 heterocycles. The van der Waals surface area contributed by atoms with Crippen molar-refractivity contribution in [3.8, 4) is 17.1 Å². The summed E-state index contributed by atoms with van der Waals surface area (Å²) in [5.41, 5.74) is 4.85. The largest absolute Gasteiger partial charge is 0.323 e. The Labute approximate surface area is 174 Å². The Bertz CT molecular complexity index is 1320. The summed E-state index contributed by atoms with van der Waals surface area (Å²) >= 11 is 0. The van der Waals surface area contributed by atoms with Gasteiger partial charge in [0.15, 0.2) is 11.6 Å². The number of hydrogen-bond acceptors (Lipinski definition) is 5. The molecule has 6 nitrogen and oxygen atoms in total. The zero-order valence-corrected chi connectivity index (χ0v) is 16.7. The third-order valence-electron chi connectivity index (χ3n) is 4.95. The van der Waals surface area contributed by atoms with E-state index in [4.69, 9.17) is 4.98 Å². The van der Waals surface area contributed by atoms with Gasteiger partial charge in [-0.25, -0.2) is 4.98 Å². The summed E-state index contributed by atoms with van der Waals surface area (Å²) in [6.45, 7) is 4.05. The van der Waals surface area contributed by atoms with Crippen LogP contribution in [0.15, 0.2) is 78.9 Å². The lowest BCUT2D eigenvalue weighted by Crippen LogP contribution is -2.06. The predicted molar refractivity (Wildman–Crippen MR) is 119 cm³/mol. The van der Waals surface area contributed by atoms with Crippen molar-refractivity contribution in [3.05, 3.63) is 90.1 Å². The van der Waals surface area contributed by atoms with Crippen LogP contribution >= 0.6 is 0 Å². The first-order chi connectivity index (χ1) is 14.7. The van der Waals surface area contributed by atoms with Gasteiger partial charge in [0.1, 0.15) is 5.82 Å². The summed E-state index contributed by atoms with van der Waals surface area (Å²) in [4.78, 5) is 4.80. The third kappa shape index (κ3) is 3.39. The molecule has 5 rings (SSSR count). The molecule has 2 aromatic carbocycles. The van der Waals surface area contributed by atoms with Gasteiger partial charge in [-0.1, -0.05) is 48.5 Å². The molecule has 5 aromatic rings. The molecular formula is C24H20N6. The highest BCUT2D eigenvalue weighted by Gasteiger charge is 2.12. The summed E-state index contributed by atoms with van der Waals surface area (Å²) in [5.74, 6) is 2.19. The van der Waals surface area contributed by atoms with E-state index in [1.807, 2.05) is 84.4 Å². The normalized spacial score (nSPS) is 11.0. The van der Waals surface area contributed by atoms with Gasteiger partial charge in [0.05, 0.1) is 16.9 Å². The summed E-state index contributed by atoms with van der Waals surface area (Å²) < 4.78 is 1.81. The monoisotopic (exact) mass is 392 g/mol. The minimum atomic E-state index is 0.647. The Morgan fingerprint density at radius 3 is 2.40 bits per heavy atom. The molecule has 0 aliphatic rings. The molecule has 0 spiro atoms. The van der Waals surface area contributed by atoms with Gasteiger partial charge < -0.3 is 5.32 Å². The zero-order chi connectivity index (χ0) is 20.5. The fourth-order valence-corrected chi connectivity index (χ4v) is 3.50. The first kappa shape index (κ1) is 18.0. The second kappa shape index (κ2) is 7.40. The minimum absolute atomic E-state index is 0.647. The number of para-hydroxylation sites is 1. The first-order valence-electron chi connectivity index (χ1n) is 9.77. The molecule has 0 aliphatic carbocycles. The maximum absolute atomic E-state index is 4.80. The van der Waals surface area contributed by atoms with Gasteiger partial charge in [0.2, 0.25) is 0 Å². The van der Waals surface area contributed by atoms with Crippen molar-refractivity contribution in [3.63, 3.8) is 0 Å². The van der Waals surface area contributed by atoms with Crippen LogP contribution < -0.4 is 5.32 Å². The van der Waals surface area contributed by atoms with E-state index in [9.17, 15) is 0 Å². The number of rotatable bonds is 4. The molecule has 0 bridgehead atoms. The Morgan fingerprint density at radius 2 is 1.60 bits per heavy atom. The van der Waals surface area contributed by atoms with Crippen molar-refractivity contribution in [2.24, 2.45) is 0 Å². The molecule has 30 heavy (non-hydrogen) atoms. The summed E-state index contributed by atoms with van der Waals surface area (Å²) in [5, 5.41) is 17.8. The molecule has 1 N–H and O–H groups in total. The quantitative estimate of drug-likeness (QED) is 0.453. The summed E-state index contributed by atoms with van der Waals surface area (Å²) in [6, 6.07) is 26.0. The molecule has 0 saturated carbocycles. The van der Waals surface area contributed by atoms with Crippen molar-refractivity contribution in [2.75, 3.05) is 5.32 Å². The summed E-state index contributed by atoms with van der Waals surface area (Å²) in [6.07, 6.45) is 0. The molecule has 0 amide bonds. The van der Waals surface area contributed by atoms with Gasteiger partial charge in [-0.2, -0.15) is 9.78 Å². The van der Waals surface area contributed by atoms with E-state index in [1.165, 1.54) is 0 Å². The maximum Gasteiger partial charge on any atom is 0.156 e. The zero-order valence-electron chi connectivity index (χ0n) is 16.7. The van der Waals surface area contributed by atoms with Crippen LogP contribution in [-0.4, -0.2) is 25.0 Å². The number of nitrogens with one attached hydrogen (secondary N) is 1. The molecule has 0 aliphatic heterocycles. The molecule has 3 aromatic heterocycles. The number of anilines is 2. The fourth-order valence-electron chi connectivity index (χ4n) is 3.50. The van der Waals surface area contributed by atoms with Crippen molar-refractivity contribution in [2.45, 2.75) is 13.8 Å². The van der Waals surface area contributed by atoms with Crippen LogP contribution in [0.5, 0.6) is 0 Å². The second-order valence-corrected chi connectivity index (χ2v) is 7.19. The molecular weight excluding hydrogens is 372 g/mol. The van der Waals surface area contributed by atoms with Crippen molar-refractivity contribution >= 4 is 22.5 Å². The summed E-state index contributed by atoms with van der Waals surface area (Å²) in [7, 11) is 0. The number of aryl methyl sites for hydroxylation is 2. The van der Waals surface area contributed by atoms with Gasteiger partial charge in [0.25, 0.3) is 0 Å². The van der Waals surface area contributed by atoms with Crippen molar-refractivity contribution < 1.29 is 0 Å². The smallest absolute Gasteiger partial charge is 0.156 e. The first-order valence-corrected chi connectivity index (χ1v) is 9.77. The van der Waals surface area contributed by atoms with Crippen LogP contribution in [0, 0.1) is 13.8 Å². The van der Waals surface area contributed by atoms with Gasteiger partial charge >= 0.3 is 0 Å². The average Bonchev–Trinajstić information content (AvgIpc) is 3.15. The van der Waals surface area contributed by atoms with E-state index in [0.717, 1.165) is 45.1 Å². The van der Waals surface area contributed by atoms with Crippen LogP contribution in [-0.2, 0) is 0 Å². The molecule has 0 saturated heterocycles. The maximum atomic E-state index is 4.80. The van der Waals surface area contributed by atoms with Gasteiger partial charge in [0, 0.05) is 17.0 Å². The predicted octanol–water partition coefficient (Wildman–Crippen LogP) is 5.24. The second-order valence-electron chi connectivity index (χ2n) is 7.19. The number of fused-ring (bicyclic) bond motifs is 1. The van der Waals surface area contributed by atoms with Crippen LogP contribution in [0.4, 0.5) is 11.6 Å². The Morgan fingerprint density at radius 1 is 0.800 bits per heavy atom. The number of aromatic nitrogens is 5. The fraction of sp³-hybridized carbons (Fsp3) is 0.0833. The molecule has 6 heteroatoms. The van der Waals surface area contributed by atoms with Crippen LogP contribution in [0.25, 0.3) is 28.0 Å². The Hall–Kier alpha value is -4.06. The highest BCUT2D eigenvalue weighted by Crippen LogP contribution is 2.24. The van der Waals surface area contributed by atoms with E-state index in [1.54, 1.807) is 0 Å². The van der Waals surface area contributed by atoms with Gasteiger partial charge in [-0.05, 0) is 43.7 Å². The van der Waals surface area contributed by atoms with Gasteiger partial charge in [-0.3, -0.25) is 0 Å². The average molecular weight is 392 g/mol. The van der Waals surface area contributed by atoms with E-state index >= 15 is 0 Å². The SMILES string of the molecule is Cc1cc(Nc2ccc(-c3ccccc3)nn2)n(-c2cc(C)c3ccccc3n2)n1. The molecule has 0 unspecified atom stereocenters. The standard InChI is InChI=1S/C24H20N6/c1-16-14-23(25-21-11-7-6-10-19(16)21)30-24(15-17(2)29-30)26-22-13-12-20(27-28-22)18-8-4-3-5-9-18/h3-15H,1-2H3,(H,26,28). The number of nitrogens with zero attached hydrogens (tertiary/aromatic N) is 5. The Balaban J connectivity index is 1.49. The van der Waals surface area contributed by atoms with Crippen LogP contribution in [0.2, 0.25) is 0 Å². The molecule has 146 valence electrons. The lowest BCUT2D eigenvalue weighted by atomic mass is 10.1. The highest BCUT2D eigenvalue weighted by molar-refractivity contribution is 5.83. The van der Waals surface area contributed by atoms with Gasteiger partial charge in [-0.15, -0.1) is 10.2 Å². The number of benzene rings is 2. The highest BCUT2D eigenvalue weighted by atomic mass is 15.4. The Kier molecular flexibility index (Phi) is 4.44. The molecule has 0 fully saturated rings. The van der Waals surface area contributed by atoms with Crippen molar-refractivity contribution in [1.29, 1.82) is 0 Å². The third-order valence-corrected chi connectivity index (χ3v) is 4.95. The minimum Gasteiger partial charge on any atom is -0.323 e.